The SMILES string of the molecule is COCC1=NC2CC(C)C1C2. The van der Waals surface area contributed by atoms with Gasteiger partial charge < -0.3 is 4.74 Å². The van der Waals surface area contributed by atoms with E-state index in [1.165, 1.54) is 18.6 Å². The first-order valence-corrected chi connectivity index (χ1v) is 4.36. The molecule has 1 saturated carbocycles. The lowest BCUT2D eigenvalue weighted by molar-refractivity contribution is 0.239. The van der Waals surface area contributed by atoms with E-state index in [0.29, 0.717) is 6.04 Å². The minimum Gasteiger partial charge on any atom is -0.379 e. The van der Waals surface area contributed by atoms with Crippen molar-refractivity contribution < 1.29 is 4.74 Å². The maximum Gasteiger partial charge on any atom is 0.0843 e. The van der Waals surface area contributed by atoms with Gasteiger partial charge in [-0.25, -0.2) is 0 Å². The molecule has 0 N–H and O–H groups in total. The molecule has 0 spiro atoms. The van der Waals surface area contributed by atoms with Crippen molar-refractivity contribution in [3.05, 3.63) is 0 Å². The van der Waals surface area contributed by atoms with Crippen LogP contribution in [0.1, 0.15) is 19.8 Å². The molecule has 0 radical (unpaired) electrons. The van der Waals surface area contributed by atoms with Crippen LogP contribution in [-0.2, 0) is 4.74 Å². The van der Waals surface area contributed by atoms with Crippen LogP contribution in [0.25, 0.3) is 0 Å². The van der Waals surface area contributed by atoms with E-state index in [9.17, 15) is 0 Å². The third kappa shape index (κ3) is 1.09. The molecule has 3 unspecified atom stereocenters. The maximum atomic E-state index is 5.10. The van der Waals surface area contributed by atoms with Gasteiger partial charge in [-0.2, -0.15) is 0 Å². The van der Waals surface area contributed by atoms with Gasteiger partial charge in [-0.05, 0) is 18.8 Å². The second-order valence-electron chi connectivity index (χ2n) is 3.76. The minimum atomic E-state index is 0.639. The highest BCUT2D eigenvalue weighted by Gasteiger charge is 2.39. The number of nitrogens with zero attached hydrogens (tertiary/aromatic N) is 1. The zero-order valence-electron chi connectivity index (χ0n) is 7.21. The van der Waals surface area contributed by atoms with Crippen LogP contribution in [0.3, 0.4) is 0 Å². The number of hydrogen-bond acceptors (Lipinski definition) is 2. The molecule has 1 aliphatic carbocycles. The fourth-order valence-corrected chi connectivity index (χ4v) is 2.41. The molecule has 0 saturated heterocycles. The van der Waals surface area contributed by atoms with Gasteiger partial charge in [0.2, 0.25) is 0 Å². The lowest BCUT2D eigenvalue weighted by atomic mass is 9.93. The van der Waals surface area contributed by atoms with Gasteiger partial charge in [-0.3, -0.25) is 4.99 Å². The fourth-order valence-electron chi connectivity index (χ4n) is 2.41. The molecule has 0 amide bonds. The highest BCUT2D eigenvalue weighted by Crippen LogP contribution is 2.39. The Morgan fingerprint density at radius 3 is 2.91 bits per heavy atom. The van der Waals surface area contributed by atoms with Crippen LogP contribution in [0.2, 0.25) is 0 Å². The normalized spacial score (nSPS) is 41.3. The lowest BCUT2D eigenvalue weighted by Gasteiger charge is -2.17. The third-order valence-corrected chi connectivity index (χ3v) is 2.93. The molecule has 2 nitrogen and oxygen atoms in total. The molecule has 1 aliphatic heterocycles. The van der Waals surface area contributed by atoms with Crippen LogP contribution in [-0.4, -0.2) is 25.5 Å². The second-order valence-corrected chi connectivity index (χ2v) is 3.76. The Morgan fingerprint density at radius 1 is 1.55 bits per heavy atom. The fraction of sp³-hybridized carbons (Fsp3) is 0.889. The summed E-state index contributed by atoms with van der Waals surface area (Å²) in [6, 6.07) is 0.639. The smallest absolute Gasteiger partial charge is 0.0843 e. The van der Waals surface area contributed by atoms with Crippen molar-refractivity contribution in [1.82, 2.24) is 0 Å². The molecule has 62 valence electrons. The van der Waals surface area contributed by atoms with Crippen molar-refractivity contribution in [2.24, 2.45) is 16.8 Å². The highest BCUT2D eigenvalue weighted by molar-refractivity contribution is 5.90. The summed E-state index contributed by atoms with van der Waals surface area (Å²) in [6.07, 6.45) is 2.59. The minimum absolute atomic E-state index is 0.639. The van der Waals surface area contributed by atoms with Crippen LogP contribution in [0.4, 0.5) is 0 Å². The predicted octanol–water partition coefficient (Wildman–Crippen LogP) is 1.50. The van der Waals surface area contributed by atoms with Gasteiger partial charge in [-0.1, -0.05) is 6.92 Å². The monoisotopic (exact) mass is 153 g/mol. The Balaban J connectivity index is 2.07. The molecule has 0 aromatic heterocycles. The van der Waals surface area contributed by atoms with Crippen LogP contribution in [0, 0.1) is 11.8 Å². The van der Waals surface area contributed by atoms with E-state index >= 15 is 0 Å². The first kappa shape index (κ1) is 7.29. The van der Waals surface area contributed by atoms with Gasteiger partial charge in [0.25, 0.3) is 0 Å². The van der Waals surface area contributed by atoms with E-state index in [1.54, 1.807) is 7.11 Å². The largest absolute Gasteiger partial charge is 0.379 e. The van der Waals surface area contributed by atoms with Gasteiger partial charge in [-0.15, -0.1) is 0 Å². The van der Waals surface area contributed by atoms with Crippen molar-refractivity contribution in [3.63, 3.8) is 0 Å². The number of aliphatic imine (C=N–C) groups is 1. The van der Waals surface area contributed by atoms with E-state index in [2.05, 4.69) is 11.9 Å². The maximum absolute atomic E-state index is 5.10. The Kier molecular flexibility index (Phi) is 1.72. The first-order chi connectivity index (χ1) is 5.31. The average molecular weight is 153 g/mol. The summed E-state index contributed by atoms with van der Waals surface area (Å²) < 4.78 is 5.10. The Labute approximate surface area is 67.7 Å². The summed E-state index contributed by atoms with van der Waals surface area (Å²) in [5, 5.41) is 0. The summed E-state index contributed by atoms with van der Waals surface area (Å²) in [7, 11) is 1.75. The zero-order chi connectivity index (χ0) is 7.84. The summed E-state index contributed by atoms with van der Waals surface area (Å²) >= 11 is 0. The number of ether oxygens (including phenoxy) is 1. The second kappa shape index (κ2) is 2.59. The van der Waals surface area contributed by atoms with Crippen molar-refractivity contribution in [2.75, 3.05) is 13.7 Å². The van der Waals surface area contributed by atoms with Gasteiger partial charge in [0.15, 0.2) is 0 Å². The zero-order valence-corrected chi connectivity index (χ0v) is 7.21. The van der Waals surface area contributed by atoms with Gasteiger partial charge >= 0.3 is 0 Å². The summed E-state index contributed by atoms with van der Waals surface area (Å²) in [5.41, 5.74) is 1.32. The lowest BCUT2D eigenvalue weighted by Crippen LogP contribution is -2.21. The molecular weight excluding hydrogens is 138 g/mol. The van der Waals surface area contributed by atoms with E-state index in [-0.39, 0.29) is 0 Å². The Bertz CT molecular complexity index is 188. The van der Waals surface area contributed by atoms with Gasteiger partial charge in [0, 0.05) is 18.7 Å². The highest BCUT2D eigenvalue weighted by atomic mass is 16.5. The molecule has 0 aromatic carbocycles. The van der Waals surface area contributed by atoms with Gasteiger partial charge in [0.05, 0.1) is 12.6 Å². The van der Waals surface area contributed by atoms with E-state index in [4.69, 9.17) is 4.74 Å². The average Bonchev–Trinajstić information content (AvgIpc) is 2.46. The van der Waals surface area contributed by atoms with Crippen molar-refractivity contribution in [3.8, 4) is 0 Å². The van der Waals surface area contributed by atoms with Crippen molar-refractivity contribution in [1.29, 1.82) is 0 Å². The van der Waals surface area contributed by atoms with Crippen LogP contribution < -0.4 is 0 Å². The molecule has 0 aromatic rings. The number of rotatable bonds is 2. The third-order valence-electron chi connectivity index (χ3n) is 2.93. The standard InChI is InChI=1S/C9H15NO/c1-6-3-7-4-8(6)9(10-7)5-11-2/h6-8H,3-5H2,1-2H3. The quantitative estimate of drug-likeness (QED) is 0.589. The summed E-state index contributed by atoms with van der Waals surface area (Å²) in [4.78, 5) is 4.59. The van der Waals surface area contributed by atoms with Crippen LogP contribution >= 0.6 is 0 Å². The van der Waals surface area contributed by atoms with Crippen LogP contribution in [0.15, 0.2) is 4.99 Å². The summed E-state index contributed by atoms with van der Waals surface area (Å²) in [5.74, 6) is 1.60. The Morgan fingerprint density at radius 2 is 2.36 bits per heavy atom. The molecule has 2 bridgehead atoms. The Hall–Kier alpha value is -0.370. The molecular formula is C9H15NO. The topological polar surface area (TPSA) is 21.6 Å². The molecule has 11 heavy (non-hydrogen) atoms. The predicted molar refractivity (Wildman–Crippen MR) is 45.0 cm³/mol. The molecule has 3 atom stereocenters. The number of fused-ring (bicyclic) bond motifs is 2. The number of methoxy groups -OCH3 is 1. The van der Waals surface area contributed by atoms with E-state index in [0.717, 1.165) is 18.4 Å². The number of hydrogen-bond donors (Lipinski definition) is 0. The molecule has 2 heteroatoms. The molecule has 2 aliphatic rings. The molecule has 1 fully saturated rings. The van der Waals surface area contributed by atoms with Crippen molar-refractivity contribution in [2.45, 2.75) is 25.8 Å². The van der Waals surface area contributed by atoms with Crippen molar-refractivity contribution >= 4 is 5.71 Å². The van der Waals surface area contributed by atoms with E-state index < -0.39 is 0 Å². The first-order valence-electron chi connectivity index (χ1n) is 4.36. The van der Waals surface area contributed by atoms with Crippen LogP contribution in [0.5, 0.6) is 0 Å². The molecule has 1 heterocycles. The summed E-state index contributed by atoms with van der Waals surface area (Å²) in [6.45, 7) is 3.08. The molecule has 2 rings (SSSR count). The van der Waals surface area contributed by atoms with E-state index in [1.807, 2.05) is 0 Å². The van der Waals surface area contributed by atoms with Gasteiger partial charge in [0.1, 0.15) is 0 Å².